The molecule has 0 radical (unpaired) electrons. The fraction of sp³-hybridized carbons (Fsp3) is 0.217. The first-order chi connectivity index (χ1) is 15.4. The van der Waals surface area contributed by atoms with Gasteiger partial charge in [0.1, 0.15) is 5.82 Å². The summed E-state index contributed by atoms with van der Waals surface area (Å²) in [6, 6.07) is 11.6. The molecule has 9 heteroatoms. The Morgan fingerprint density at radius 1 is 1.16 bits per heavy atom. The molecule has 0 fully saturated rings. The second-order valence-corrected chi connectivity index (χ2v) is 8.45. The minimum Gasteiger partial charge on any atom is -0.384 e. The number of likely N-dealkylation sites (N-methyl/N-ethyl adjacent to an activating group) is 1. The van der Waals surface area contributed by atoms with E-state index in [1.807, 2.05) is 25.1 Å². The summed E-state index contributed by atoms with van der Waals surface area (Å²) in [6.07, 6.45) is 2.61. The van der Waals surface area contributed by atoms with E-state index in [1.165, 1.54) is 15.7 Å². The highest BCUT2D eigenvalue weighted by atomic mass is 35.5. The van der Waals surface area contributed by atoms with Crippen LogP contribution in [0.1, 0.15) is 16.7 Å². The van der Waals surface area contributed by atoms with Crippen LogP contribution in [0.2, 0.25) is 5.02 Å². The molecule has 0 bridgehead atoms. The lowest BCUT2D eigenvalue weighted by atomic mass is 9.99. The Morgan fingerprint density at radius 3 is 2.81 bits per heavy atom. The summed E-state index contributed by atoms with van der Waals surface area (Å²) >= 11 is 6.35. The van der Waals surface area contributed by atoms with E-state index in [0.29, 0.717) is 22.0 Å². The molecule has 3 N–H and O–H groups in total. The number of fused-ring (bicyclic) bond motifs is 2. The highest BCUT2D eigenvalue weighted by Crippen LogP contribution is 2.28. The Hall–Kier alpha value is -3.49. The lowest BCUT2D eigenvalue weighted by Crippen LogP contribution is -2.26. The number of benzene rings is 2. The molecule has 162 valence electrons. The van der Waals surface area contributed by atoms with Crippen LogP contribution >= 0.6 is 11.6 Å². The summed E-state index contributed by atoms with van der Waals surface area (Å²) in [5, 5.41) is 4.10. The number of anilines is 3. The number of aryl methyl sites for hydroxylation is 1. The predicted molar refractivity (Wildman–Crippen MR) is 127 cm³/mol. The van der Waals surface area contributed by atoms with Crippen molar-refractivity contribution in [2.45, 2.75) is 19.9 Å². The number of aromatic nitrogens is 4. The number of para-hydroxylation sites is 1. The Labute approximate surface area is 189 Å². The lowest BCUT2D eigenvalue weighted by Gasteiger charge is -2.25. The zero-order valence-corrected chi connectivity index (χ0v) is 18.5. The first kappa shape index (κ1) is 20.4. The van der Waals surface area contributed by atoms with E-state index in [0.717, 1.165) is 30.8 Å². The first-order valence-corrected chi connectivity index (χ1v) is 10.7. The number of nitrogens with zero attached hydrogens (tertiary/aromatic N) is 5. The van der Waals surface area contributed by atoms with E-state index in [2.05, 4.69) is 44.3 Å². The Balaban J connectivity index is 1.53. The Kier molecular flexibility index (Phi) is 5.03. The Bertz CT molecular complexity index is 1400. The fourth-order valence-electron chi connectivity index (χ4n) is 4.09. The first-order valence-electron chi connectivity index (χ1n) is 10.3. The molecule has 3 heterocycles. The van der Waals surface area contributed by atoms with Gasteiger partial charge in [-0.2, -0.15) is 9.97 Å². The number of nitrogens with two attached hydrogens (primary N) is 1. The van der Waals surface area contributed by atoms with Crippen molar-refractivity contribution in [3.8, 4) is 5.69 Å². The molecule has 0 atom stereocenters. The van der Waals surface area contributed by atoms with Crippen LogP contribution in [0.4, 0.5) is 17.5 Å². The quantitative estimate of drug-likeness (QED) is 0.495. The summed E-state index contributed by atoms with van der Waals surface area (Å²) < 4.78 is 1.30. The number of rotatable bonds is 3. The van der Waals surface area contributed by atoms with Gasteiger partial charge < -0.3 is 16.0 Å². The van der Waals surface area contributed by atoms with Gasteiger partial charge in [0.25, 0.3) is 0 Å². The molecule has 1 aliphatic rings. The molecular weight excluding hydrogens is 426 g/mol. The number of hydrogen-bond donors (Lipinski definition) is 2. The minimum atomic E-state index is -0.548. The molecular formula is C23H22ClN7O. The molecule has 0 spiro atoms. The van der Waals surface area contributed by atoms with Gasteiger partial charge in [-0.15, -0.1) is 0 Å². The van der Waals surface area contributed by atoms with Crippen LogP contribution in [0.3, 0.4) is 0 Å². The average Bonchev–Trinajstić information content (AvgIpc) is 2.75. The standard InChI is InChI=1S/C23H22ClN7O/c1-13-4-3-5-18(24)19(13)31-20(25)17-11-26-22(28-21(17)29-23(31)32)27-16-7-6-14-8-9-30(2)12-15(14)10-16/h3-7,10-11H,8-9,12,25H2,1-2H3,(H,27,28,29,32). The Morgan fingerprint density at radius 2 is 2.00 bits per heavy atom. The van der Waals surface area contributed by atoms with Crippen LogP contribution in [0.15, 0.2) is 47.4 Å². The van der Waals surface area contributed by atoms with Gasteiger partial charge in [-0.25, -0.2) is 14.3 Å². The molecule has 2 aromatic carbocycles. The van der Waals surface area contributed by atoms with Gasteiger partial charge in [-0.3, -0.25) is 0 Å². The summed E-state index contributed by atoms with van der Waals surface area (Å²) in [4.78, 5) is 28.1. The third-order valence-corrected chi connectivity index (χ3v) is 6.06. The zero-order valence-electron chi connectivity index (χ0n) is 17.8. The van der Waals surface area contributed by atoms with Crippen molar-refractivity contribution in [1.82, 2.24) is 24.4 Å². The third kappa shape index (κ3) is 3.57. The highest BCUT2D eigenvalue weighted by Gasteiger charge is 2.17. The van der Waals surface area contributed by atoms with Crippen molar-refractivity contribution >= 4 is 40.1 Å². The number of halogens is 1. The van der Waals surface area contributed by atoms with Crippen molar-refractivity contribution in [2.24, 2.45) is 0 Å². The van der Waals surface area contributed by atoms with Crippen LogP contribution in [-0.4, -0.2) is 38.0 Å². The molecule has 0 saturated heterocycles. The summed E-state index contributed by atoms with van der Waals surface area (Å²) in [7, 11) is 2.11. The summed E-state index contributed by atoms with van der Waals surface area (Å²) in [5.41, 5.74) is 10.9. The van der Waals surface area contributed by atoms with E-state index >= 15 is 0 Å². The minimum absolute atomic E-state index is 0.194. The van der Waals surface area contributed by atoms with Gasteiger partial charge in [-0.05, 0) is 55.3 Å². The third-order valence-electron chi connectivity index (χ3n) is 5.76. The molecule has 0 saturated carbocycles. The van der Waals surface area contributed by atoms with E-state index in [9.17, 15) is 4.79 Å². The second-order valence-electron chi connectivity index (χ2n) is 8.05. The molecule has 2 aromatic heterocycles. The van der Waals surface area contributed by atoms with Gasteiger partial charge >= 0.3 is 5.69 Å². The van der Waals surface area contributed by atoms with Gasteiger partial charge in [0.05, 0.1) is 16.1 Å². The van der Waals surface area contributed by atoms with Gasteiger partial charge in [0, 0.05) is 25.0 Å². The molecule has 4 aromatic rings. The van der Waals surface area contributed by atoms with Gasteiger partial charge in [0.15, 0.2) is 5.65 Å². The maximum absolute atomic E-state index is 12.8. The van der Waals surface area contributed by atoms with Crippen LogP contribution in [-0.2, 0) is 13.0 Å². The monoisotopic (exact) mass is 447 g/mol. The maximum Gasteiger partial charge on any atom is 0.355 e. The van der Waals surface area contributed by atoms with Crippen LogP contribution in [0.25, 0.3) is 16.7 Å². The summed E-state index contributed by atoms with van der Waals surface area (Å²) in [5.74, 6) is 0.541. The molecule has 5 rings (SSSR count). The van der Waals surface area contributed by atoms with Gasteiger partial charge in [-0.1, -0.05) is 29.8 Å². The largest absolute Gasteiger partial charge is 0.384 e. The summed E-state index contributed by atoms with van der Waals surface area (Å²) in [6.45, 7) is 3.82. The predicted octanol–water partition coefficient (Wildman–Crippen LogP) is 3.45. The maximum atomic E-state index is 12.8. The average molecular weight is 448 g/mol. The number of nitrogen functional groups attached to an aromatic ring is 1. The second kappa shape index (κ2) is 7.89. The van der Waals surface area contributed by atoms with Gasteiger partial charge in [0.2, 0.25) is 5.95 Å². The topological polar surface area (TPSA) is 102 Å². The number of hydrogen-bond acceptors (Lipinski definition) is 7. The van der Waals surface area contributed by atoms with E-state index in [-0.39, 0.29) is 11.5 Å². The van der Waals surface area contributed by atoms with Crippen LogP contribution in [0, 0.1) is 6.92 Å². The fourth-order valence-corrected chi connectivity index (χ4v) is 4.40. The SMILES string of the molecule is Cc1cccc(Cl)c1-n1c(N)c2cnc(Nc3ccc4c(c3)CN(C)CC4)nc2nc1=O. The highest BCUT2D eigenvalue weighted by molar-refractivity contribution is 6.32. The van der Waals surface area contributed by atoms with Crippen molar-refractivity contribution in [3.05, 3.63) is 74.8 Å². The van der Waals surface area contributed by atoms with Crippen molar-refractivity contribution in [1.29, 1.82) is 0 Å². The molecule has 8 nitrogen and oxygen atoms in total. The lowest BCUT2D eigenvalue weighted by molar-refractivity contribution is 0.313. The molecule has 0 amide bonds. The molecule has 0 unspecified atom stereocenters. The zero-order chi connectivity index (χ0) is 22.4. The van der Waals surface area contributed by atoms with Crippen molar-refractivity contribution in [2.75, 3.05) is 24.6 Å². The molecule has 1 aliphatic heterocycles. The smallest absolute Gasteiger partial charge is 0.355 e. The van der Waals surface area contributed by atoms with Crippen LogP contribution < -0.4 is 16.7 Å². The number of nitrogens with one attached hydrogen (secondary N) is 1. The van der Waals surface area contributed by atoms with E-state index in [4.69, 9.17) is 17.3 Å². The van der Waals surface area contributed by atoms with Crippen molar-refractivity contribution < 1.29 is 0 Å². The molecule has 0 aliphatic carbocycles. The normalized spacial score (nSPS) is 13.8. The van der Waals surface area contributed by atoms with Crippen LogP contribution in [0.5, 0.6) is 0 Å². The van der Waals surface area contributed by atoms with E-state index < -0.39 is 5.69 Å². The van der Waals surface area contributed by atoms with Crippen molar-refractivity contribution in [3.63, 3.8) is 0 Å². The van der Waals surface area contributed by atoms with E-state index in [1.54, 1.807) is 12.3 Å². The molecule has 32 heavy (non-hydrogen) atoms.